The molecule has 2 nitrogen and oxygen atoms in total. The fourth-order valence-electron chi connectivity index (χ4n) is 3.76. The first-order chi connectivity index (χ1) is 10.1. The van der Waals surface area contributed by atoms with Gasteiger partial charge in [0.05, 0.1) is 0 Å². The van der Waals surface area contributed by atoms with E-state index in [0.717, 1.165) is 5.92 Å². The van der Waals surface area contributed by atoms with Crippen LogP contribution in [0, 0.1) is 12.8 Å². The molecule has 21 heavy (non-hydrogen) atoms. The zero-order chi connectivity index (χ0) is 15.2. The Morgan fingerprint density at radius 3 is 2.38 bits per heavy atom. The second-order valence-corrected chi connectivity index (χ2v) is 6.70. The van der Waals surface area contributed by atoms with E-state index in [1.165, 1.54) is 62.5 Å². The molecule has 2 rings (SSSR count). The smallest absolute Gasteiger partial charge is 0.423 e. The molecular formula is C18H29BO2. The Labute approximate surface area is 129 Å². The van der Waals surface area contributed by atoms with E-state index in [1.807, 2.05) is 12.1 Å². The van der Waals surface area contributed by atoms with Gasteiger partial charge in [0.1, 0.15) is 0 Å². The van der Waals surface area contributed by atoms with Crippen LogP contribution < -0.4 is 5.46 Å². The van der Waals surface area contributed by atoms with E-state index in [-0.39, 0.29) is 0 Å². The first-order valence-electron chi connectivity index (χ1n) is 8.58. The number of aryl methyl sites for hydroxylation is 1. The molecule has 2 N–H and O–H groups in total. The van der Waals surface area contributed by atoms with Crippen molar-refractivity contribution in [3.8, 4) is 0 Å². The van der Waals surface area contributed by atoms with Crippen molar-refractivity contribution in [3.05, 3.63) is 29.3 Å². The summed E-state index contributed by atoms with van der Waals surface area (Å²) in [6, 6.07) is 5.89. The van der Waals surface area contributed by atoms with E-state index in [9.17, 15) is 10.0 Å². The highest BCUT2D eigenvalue weighted by Gasteiger charge is 2.23. The van der Waals surface area contributed by atoms with Crippen molar-refractivity contribution in [2.75, 3.05) is 0 Å². The predicted molar refractivity (Wildman–Crippen MR) is 89.8 cm³/mol. The maximum absolute atomic E-state index is 9.24. The first kappa shape index (κ1) is 16.6. The van der Waals surface area contributed by atoms with Crippen molar-refractivity contribution in [3.63, 3.8) is 0 Å². The molecule has 0 aliphatic heterocycles. The summed E-state index contributed by atoms with van der Waals surface area (Å²) in [5.74, 6) is 1.60. The van der Waals surface area contributed by atoms with Gasteiger partial charge in [-0.2, -0.15) is 0 Å². The van der Waals surface area contributed by atoms with Gasteiger partial charge in [-0.05, 0) is 61.0 Å². The van der Waals surface area contributed by atoms with E-state index in [1.54, 1.807) is 0 Å². The first-order valence-corrected chi connectivity index (χ1v) is 8.58. The molecule has 0 atom stereocenters. The lowest BCUT2D eigenvalue weighted by atomic mass is 9.73. The molecule has 0 radical (unpaired) electrons. The molecule has 0 bridgehead atoms. The third-order valence-corrected chi connectivity index (χ3v) is 5.09. The van der Waals surface area contributed by atoms with Crippen molar-refractivity contribution in [2.24, 2.45) is 5.92 Å². The molecule has 1 fully saturated rings. The van der Waals surface area contributed by atoms with E-state index in [0.29, 0.717) is 11.4 Å². The van der Waals surface area contributed by atoms with Crippen LogP contribution in [0.1, 0.15) is 75.3 Å². The average Bonchev–Trinajstić information content (AvgIpc) is 2.48. The zero-order valence-electron chi connectivity index (χ0n) is 13.5. The summed E-state index contributed by atoms with van der Waals surface area (Å²) in [7, 11) is -1.35. The standard InChI is InChI=1S/C18H29BO2/c1-3-4-5-6-15-7-9-16(10-8-15)18-12-11-17(19(20)21)13-14(18)2/h11-13,15-16,20-21H,3-10H2,1-2H3. The van der Waals surface area contributed by atoms with Crippen molar-refractivity contribution in [1.29, 1.82) is 0 Å². The van der Waals surface area contributed by atoms with Gasteiger partial charge in [0.2, 0.25) is 0 Å². The molecule has 1 saturated carbocycles. The lowest BCUT2D eigenvalue weighted by Crippen LogP contribution is -2.30. The Balaban J connectivity index is 1.90. The molecule has 0 aromatic heterocycles. The Kier molecular flexibility index (Phi) is 6.31. The minimum atomic E-state index is -1.35. The Morgan fingerprint density at radius 2 is 1.81 bits per heavy atom. The van der Waals surface area contributed by atoms with Gasteiger partial charge in [-0.25, -0.2) is 0 Å². The molecule has 1 aliphatic rings. The SMILES string of the molecule is CCCCCC1CCC(c2ccc(B(O)O)cc2C)CC1. The van der Waals surface area contributed by atoms with Crippen LogP contribution in [0.2, 0.25) is 0 Å². The summed E-state index contributed by atoms with van der Waals surface area (Å²) < 4.78 is 0. The van der Waals surface area contributed by atoms with Crippen LogP contribution in [0.15, 0.2) is 18.2 Å². The van der Waals surface area contributed by atoms with Crippen molar-refractivity contribution >= 4 is 12.6 Å². The molecule has 0 saturated heterocycles. The molecule has 0 amide bonds. The summed E-state index contributed by atoms with van der Waals surface area (Å²) in [6.45, 7) is 4.36. The quantitative estimate of drug-likeness (QED) is 0.621. The van der Waals surface area contributed by atoms with Gasteiger partial charge in [-0.15, -0.1) is 0 Å². The van der Waals surface area contributed by atoms with Crippen LogP contribution in [0.4, 0.5) is 0 Å². The predicted octanol–water partition coefficient (Wildman–Crippen LogP) is 3.53. The number of unbranched alkanes of at least 4 members (excludes halogenated alkanes) is 2. The van der Waals surface area contributed by atoms with E-state index in [2.05, 4.69) is 19.9 Å². The molecule has 0 heterocycles. The molecule has 1 aromatic carbocycles. The summed E-state index contributed by atoms with van der Waals surface area (Å²) in [6.07, 6.45) is 10.8. The summed E-state index contributed by atoms with van der Waals surface area (Å²) in [5.41, 5.74) is 3.21. The van der Waals surface area contributed by atoms with Crippen molar-refractivity contribution in [1.82, 2.24) is 0 Å². The fraction of sp³-hybridized carbons (Fsp3) is 0.667. The second-order valence-electron chi connectivity index (χ2n) is 6.70. The zero-order valence-corrected chi connectivity index (χ0v) is 13.5. The van der Waals surface area contributed by atoms with Crippen LogP contribution in [0.5, 0.6) is 0 Å². The minimum Gasteiger partial charge on any atom is -0.423 e. The van der Waals surface area contributed by atoms with Gasteiger partial charge < -0.3 is 10.0 Å². The second kappa shape index (κ2) is 8.00. The minimum absolute atomic E-state index is 0.601. The average molecular weight is 288 g/mol. The molecular weight excluding hydrogens is 259 g/mol. The van der Waals surface area contributed by atoms with Gasteiger partial charge in [0, 0.05) is 0 Å². The van der Waals surface area contributed by atoms with Crippen molar-refractivity contribution in [2.45, 2.75) is 71.1 Å². The van der Waals surface area contributed by atoms with Gasteiger partial charge in [-0.3, -0.25) is 0 Å². The molecule has 1 aliphatic carbocycles. The van der Waals surface area contributed by atoms with Gasteiger partial charge >= 0.3 is 7.12 Å². The Hall–Kier alpha value is -0.795. The monoisotopic (exact) mass is 288 g/mol. The van der Waals surface area contributed by atoms with Crippen molar-refractivity contribution < 1.29 is 10.0 Å². The number of rotatable bonds is 6. The maximum Gasteiger partial charge on any atom is 0.488 e. The lowest BCUT2D eigenvalue weighted by Gasteiger charge is -2.30. The van der Waals surface area contributed by atoms with Crippen LogP contribution in [-0.2, 0) is 0 Å². The maximum atomic E-state index is 9.24. The molecule has 0 unspecified atom stereocenters. The highest BCUT2D eigenvalue weighted by Crippen LogP contribution is 2.38. The third-order valence-electron chi connectivity index (χ3n) is 5.09. The normalized spacial score (nSPS) is 22.3. The van der Waals surface area contributed by atoms with Crippen LogP contribution >= 0.6 is 0 Å². The summed E-state index contributed by atoms with van der Waals surface area (Å²) >= 11 is 0. The van der Waals surface area contributed by atoms with Gasteiger partial charge in [0.25, 0.3) is 0 Å². The highest BCUT2D eigenvalue weighted by molar-refractivity contribution is 6.58. The molecule has 3 heteroatoms. The molecule has 1 aromatic rings. The largest absolute Gasteiger partial charge is 0.488 e. The van der Waals surface area contributed by atoms with E-state index >= 15 is 0 Å². The number of benzene rings is 1. The summed E-state index contributed by atoms with van der Waals surface area (Å²) in [5, 5.41) is 18.5. The van der Waals surface area contributed by atoms with Gasteiger partial charge in [0.15, 0.2) is 0 Å². The van der Waals surface area contributed by atoms with E-state index in [4.69, 9.17) is 0 Å². The number of hydrogen-bond acceptors (Lipinski definition) is 2. The molecule has 116 valence electrons. The molecule has 0 spiro atoms. The van der Waals surface area contributed by atoms with Crippen LogP contribution in [-0.4, -0.2) is 17.2 Å². The van der Waals surface area contributed by atoms with E-state index < -0.39 is 7.12 Å². The lowest BCUT2D eigenvalue weighted by molar-refractivity contribution is 0.302. The highest BCUT2D eigenvalue weighted by atomic mass is 16.4. The summed E-state index contributed by atoms with van der Waals surface area (Å²) in [4.78, 5) is 0. The fourth-order valence-corrected chi connectivity index (χ4v) is 3.76. The third kappa shape index (κ3) is 4.59. The van der Waals surface area contributed by atoms with Crippen LogP contribution in [0.25, 0.3) is 0 Å². The van der Waals surface area contributed by atoms with Crippen LogP contribution in [0.3, 0.4) is 0 Å². The number of hydrogen-bond donors (Lipinski definition) is 2. The Morgan fingerprint density at radius 1 is 1.10 bits per heavy atom. The topological polar surface area (TPSA) is 40.5 Å². The van der Waals surface area contributed by atoms with Gasteiger partial charge in [-0.1, -0.05) is 50.8 Å². The Bertz CT molecular complexity index is 437.